The molecule has 0 aliphatic rings. The molecule has 0 fully saturated rings. The first-order valence-corrected chi connectivity index (χ1v) is 5.75. The molecule has 1 atom stereocenters. The number of benzene rings is 1. The van der Waals surface area contributed by atoms with E-state index in [0.29, 0.717) is 5.92 Å². The summed E-state index contributed by atoms with van der Waals surface area (Å²) in [6, 6.07) is 6.34. The van der Waals surface area contributed by atoms with Gasteiger partial charge in [-0.25, -0.2) is 0 Å². The molecule has 1 N–H and O–H groups in total. The lowest BCUT2D eigenvalue weighted by molar-refractivity contribution is 0.273. The molecule has 14 heavy (non-hydrogen) atoms. The van der Waals surface area contributed by atoms with Gasteiger partial charge in [0.1, 0.15) is 0 Å². The molecule has 2 heteroatoms. The molecular formula is C12H17BrO. The van der Waals surface area contributed by atoms with Gasteiger partial charge < -0.3 is 5.11 Å². The highest BCUT2D eigenvalue weighted by Gasteiger charge is 2.08. The molecule has 0 saturated carbocycles. The minimum absolute atomic E-state index is 0.202. The van der Waals surface area contributed by atoms with Gasteiger partial charge >= 0.3 is 0 Å². The molecule has 0 saturated heterocycles. The van der Waals surface area contributed by atoms with Crippen LogP contribution in [0.5, 0.6) is 0 Å². The second-order valence-corrected chi connectivity index (χ2v) is 4.87. The molecule has 1 aromatic carbocycles. The van der Waals surface area contributed by atoms with Crippen molar-refractivity contribution in [2.75, 3.05) is 6.61 Å². The smallest absolute Gasteiger partial charge is 0.0497 e. The van der Waals surface area contributed by atoms with Crippen molar-refractivity contribution in [3.8, 4) is 0 Å². The molecule has 0 aliphatic heterocycles. The summed E-state index contributed by atoms with van der Waals surface area (Å²) in [5.41, 5.74) is 2.50. The van der Waals surface area contributed by atoms with E-state index in [2.05, 4.69) is 48.0 Å². The summed E-state index contributed by atoms with van der Waals surface area (Å²) in [6.45, 7) is 6.58. The molecule has 0 aliphatic carbocycles. The third-order valence-corrected chi connectivity index (χ3v) is 3.18. The molecule has 0 amide bonds. The fourth-order valence-corrected chi connectivity index (χ4v) is 2.28. The highest BCUT2D eigenvalue weighted by Crippen LogP contribution is 2.28. The SMILES string of the molecule is CC(C)c1ccc(C(C)CO)cc1Br. The number of aliphatic hydroxyl groups is 1. The lowest BCUT2D eigenvalue weighted by atomic mass is 9.97. The van der Waals surface area contributed by atoms with Gasteiger partial charge in [-0.15, -0.1) is 0 Å². The van der Waals surface area contributed by atoms with Crippen molar-refractivity contribution in [2.45, 2.75) is 32.6 Å². The predicted molar refractivity (Wildman–Crippen MR) is 63.7 cm³/mol. The van der Waals surface area contributed by atoms with Crippen molar-refractivity contribution in [3.05, 3.63) is 33.8 Å². The third kappa shape index (κ3) is 2.58. The first kappa shape index (κ1) is 11.7. The zero-order valence-electron chi connectivity index (χ0n) is 8.92. The molecule has 0 bridgehead atoms. The van der Waals surface area contributed by atoms with E-state index >= 15 is 0 Å². The van der Waals surface area contributed by atoms with Crippen molar-refractivity contribution in [3.63, 3.8) is 0 Å². The summed E-state index contributed by atoms with van der Waals surface area (Å²) in [5.74, 6) is 0.746. The van der Waals surface area contributed by atoms with Crippen LogP contribution in [0.2, 0.25) is 0 Å². The van der Waals surface area contributed by atoms with Gasteiger partial charge in [0.2, 0.25) is 0 Å². The van der Waals surface area contributed by atoms with E-state index in [1.54, 1.807) is 0 Å². The molecule has 0 radical (unpaired) electrons. The Morgan fingerprint density at radius 3 is 2.36 bits per heavy atom. The van der Waals surface area contributed by atoms with Gasteiger partial charge in [-0.2, -0.15) is 0 Å². The molecule has 1 unspecified atom stereocenters. The maximum atomic E-state index is 9.04. The molecule has 0 heterocycles. The minimum Gasteiger partial charge on any atom is -0.396 e. The van der Waals surface area contributed by atoms with E-state index in [0.717, 1.165) is 4.47 Å². The van der Waals surface area contributed by atoms with Crippen LogP contribution in [0.25, 0.3) is 0 Å². The van der Waals surface area contributed by atoms with Crippen molar-refractivity contribution in [1.29, 1.82) is 0 Å². The second-order valence-electron chi connectivity index (χ2n) is 4.02. The van der Waals surface area contributed by atoms with E-state index in [9.17, 15) is 0 Å². The van der Waals surface area contributed by atoms with Crippen LogP contribution in [0.3, 0.4) is 0 Å². The summed E-state index contributed by atoms with van der Waals surface area (Å²) < 4.78 is 1.14. The van der Waals surface area contributed by atoms with E-state index < -0.39 is 0 Å². The van der Waals surface area contributed by atoms with Crippen LogP contribution in [0.15, 0.2) is 22.7 Å². The lowest BCUT2D eigenvalue weighted by Crippen LogP contribution is -2.00. The van der Waals surface area contributed by atoms with Gasteiger partial charge in [0.05, 0.1) is 0 Å². The fourth-order valence-electron chi connectivity index (χ4n) is 1.42. The van der Waals surface area contributed by atoms with Gasteiger partial charge in [0.15, 0.2) is 0 Å². The average molecular weight is 257 g/mol. The van der Waals surface area contributed by atoms with Crippen molar-refractivity contribution >= 4 is 15.9 Å². The van der Waals surface area contributed by atoms with Gasteiger partial charge in [-0.05, 0) is 23.1 Å². The normalized spacial score (nSPS) is 13.3. The quantitative estimate of drug-likeness (QED) is 0.875. The number of halogens is 1. The zero-order chi connectivity index (χ0) is 10.7. The predicted octanol–water partition coefficient (Wildman–Crippen LogP) is 3.67. The van der Waals surface area contributed by atoms with Crippen molar-refractivity contribution in [2.24, 2.45) is 0 Å². The van der Waals surface area contributed by atoms with Crippen LogP contribution in [-0.2, 0) is 0 Å². The van der Waals surface area contributed by atoms with Crippen LogP contribution in [-0.4, -0.2) is 11.7 Å². The summed E-state index contributed by atoms with van der Waals surface area (Å²) in [6.07, 6.45) is 0. The molecular weight excluding hydrogens is 240 g/mol. The Balaban J connectivity index is 3.00. The Morgan fingerprint density at radius 2 is 1.93 bits per heavy atom. The highest BCUT2D eigenvalue weighted by atomic mass is 79.9. The number of hydrogen-bond acceptors (Lipinski definition) is 1. The zero-order valence-corrected chi connectivity index (χ0v) is 10.5. The van der Waals surface area contributed by atoms with Gasteiger partial charge in [-0.3, -0.25) is 0 Å². The first-order chi connectivity index (χ1) is 6.56. The Morgan fingerprint density at radius 1 is 1.29 bits per heavy atom. The summed E-state index contributed by atoms with van der Waals surface area (Å²) >= 11 is 3.56. The monoisotopic (exact) mass is 256 g/mol. The number of rotatable bonds is 3. The standard InChI is InChI=1S/C12H17BrO/c1-8(2)11-5-4-10(6-12(11)13)9(3)7-14/h4-6,8-9,14H,7H2,1-3H3. The van der Waals surface area contributed by atoms with Gasteiger partial charge in [0, 0.05) is 17.0 Å². The van der Waals surface area contributed by atoms with Crippen LogP contribution in [0, 0.1) is 0 Å². The van der Waals surface area contributed by atoms with Gasteiger partial charge in [-0.1, -0.05) is 48.8 Å². The Hall–Kier alpha value is -0.340. The first-order valence-electron chi connectivity index (χ1n) is 4.96. The van der Waals surface area contributed by atoms with E-state index in [4.69, 9.17) is 5.11 Å². The van der Waals surface area contributed by atoms with Crippen molar-refractivity contribution in [1.82, 2.24) is 0 Å². The average Bonchev–Trinajstić information content (AvgIpc) is 2.15. The Bertz CT molecular complexity index is 307. The van der Waals surface area contributed by atoms with E-state index in [-0.39, 0.29) is 12.5 Å². The topological polar surface area (TPSA) is 20.2 Å². The van der Waals surface area contributed by atoms with Crippen molar-refractivity contribution < 1.29 is 5.11 Å². The van der Waals surface area contributed by atoms with E-state index in [1.807, 2.05) is 6.92 Å². The largest absolute Gasteiger partial charge is 0.396 e. The summed E-state index contributed by atoms with van der Waals surface area (Å²) in [5, 5.41) is 9.04. The summed E-state index contributed by atoms with van der Waals surface area (Å²) in [4.78, 5) is 0. The van der Waals surface area contributed by atoms with Crippen LogP contribution in [0.1, 0.15) is 43.7 Å². The number of hydrogen-bond donors (Lipinski definition) is 1. The van der Waals surface area contributed by atoms with Crippen LogP contribution in [0.4, 0.5) is 0 Å². The molecule has 0 spiro atoms. The third-order valence-electron chi connectivity index (χ3n) is 2.49. The van der Waals surface area contributed by atoms with Crippen LogP contribution < -0.4 is 0 Å². The Labute approximate surface area is 94.3 Å². The molecule has 1 nitrogen and oxygen atoms in total. The van der Waals surface area contributed by atoms with Gasteiger partial charge in [0.25, 0.3) is 0 Å². The summed E-state index contributed by atoms with van der Waals surface area (Å²) in [7, 11) is 0. The molecule has 78 valence electrons. The Kier molecular flexibility index (Phi) is 4.14. The minimum atomic E-state index is 0.202. The fraction of sp³-hybridized carbons (Fsp3) is 0.500. The molecule has 1 aromatic rings. The van der Waals surface area contributed by atoms with Crippen LogP contribution >= 0.6 is 15.9 Å². The molecule has 0 aromatic heterocycles. The lowest BCUT2D eigenvalue weighted by Gasteiger charge is -2.13. The maximum Gasteiger partial charge on any atom is 0.0497 e. The maximum absolute atomic E-state index is 9.04. The second kappa shape index (κ2) is 4.94. The molecule has 1 rings (SSSR count). The highest BCUT2D eigenvalue weighted by molar-refractivity contribution is 9.10. The van der Waals surface area contributed by atoms with E-state index in [1.165, 1.54) is 11.1 Å². The number of aliphatic hydroxyl groups excluding tert-OH is 1.